The lowest BCUT2D eigenvalue weighted by molar-refractivity contribution is 0.339. The number of benzene rings is 3. The van der Waals surface area contributed by atoms with Crippen LogP contribution in [-0.2, 0) is 5.41 Å². The van der Waals surface area contributed by atoms with Crippen LogP contribution in [0.25, 0.3) is 0 Å². The van der Waals surface area contributed by atoms with Crippen LogP contribution in [0.3, 0.4) is 0 Å². The van der Waals surface area contributed by atoms with Crippen molar-refractivity contribution in [3.8, 4) is 5.75 Å². The number of rotatable bonds is 5. The van der Waals surface area contributed by atoms with Gasteiger partial charge in [0.1, 0.15) is 17.6 Å². The standard InChI is InChI=1S/C27H28Cl2N2O/c1-5-32-23-15-10-19(27(2,3)4)16-22(23)26-30-24(17-6-11-20(28)12-7-17)25(31-26)18-8-13-21(29)14-9-18/h6-16,24-25H,5H2,1-4H3,(H,30,31)/t24-,25?/m0/s1. The van der Waals surface area contributed by atoms with Crippen LogP contribution in [-0.4, -0.2) is 12.4 Å². The topological polar surface area (TPSA) is 33.6 Å². The summed E-state index contributed by atoms with van der Waals surface area (Å²) in [5.41, 5.74) is 4.46. The molecule has 0 saturated heterocycles. The van der Waals surface area contributed by atoms with Gasteiger partial charge in [-0.2, -0.15) is 0 Å². The minimum Gasteiger partial charge on any atom is -0.493 e. The summed E-state index contributed by atoms with van der Waals surface area (Å²) in [7, 11) is 0. The van der Waals surface area contributed by atoms with Crippen molar-refractivity contribution in [2.75, 3.05) is 6.61 Å². The van der Waals surface area contributed by atoms with Crippen molar-refractivity contribution >= 4 is 29.0 Å². The molecular weight excluding hydrogens is 439 g/mol. The molecule has 3 aromatic carbocycles. The molecule has 1 unspecified atom stereocenters. The van der Waals surface area contributed by atoms with Gasteiger partial charge in [0, 0.05) is 10.0 Å². The number of hydrogen-bond acceptors (Lipinski definition) is 3. The Morgan fingerprint density at radius 2 is 1.47 bits per heavy atom. The Balaban J connectivity index is 1.81. The minimum atomic E-state index is -0.101. The molecule has 166 valence electrons. The number of nitrogens with one attached hydrogen (secondary N) is 1. The summed E-state index contributed by atoms with van der Waals surface area (Å²) < 4.78 is 5.97. The first-order valence-corrected chi connectivity index (χ1v) is 11.6. The summed E-state index contributed by atoms with van der Waals surface area (Å²) in [5, 5.41) is 5.10. The van der Waals surface area contributed by atoms with Gasteiger partial charge in [-0.15, -0.1) is 0 Å². The maximum Gasteiger partial charge on any atom is 0.133 e. The summed E-state index contributed by atoms with van der Waals surface area (Å²) in [4.78, 5) is 5.15. The van der Waals surface area contributed by atoms with Crippen LogP contribution in [0, 0.1) is 0 Å². The molecule has 0 saturated carbocycles. The molecule has 0 fully saturated rings. The van der Waals surface area contributed by atoms with Crippen LogP contribution in [0.1, 0.15) is 62.0 Å². The summed E-state index contributed by atoms with van der Waals surface area (Å²) in [5.74, 6) is 1.66. The molecule has 32 heavy (non-hydrogen) atoms. The first kappa shape index (κ1) is 22.7. The van der Waals surface area contributed by atoms with Gasteiger partial charge in [-0.25, -0.2) is 0 Å². The van der Waals surface area contributed by atoms with E-state index in [1.807, 2.05) is 43.3 Å². The second kappa shape index (κ2) is 9.17. The summed E-state index contributed by atoms with van der Waals surface area (Å²) in [6, 6.07) is 22.1. The average Bonchev–Trinajstić information content (AvgIpc) is 3.20. The zero-order chi connectivity index (χ0) is 22.9. The Morgan fingerprint density at radius 1 is 0.875 bits per heavy atom. The summed E-state index contributed by atoms with van der Waals surface area (Å²) in [6.45, 7) is 9.23. The Bertz CT molecular complexity index is 1120. The van der Waals surface area contributed by atoms with Gasteiger partial charge in [0.05, 0.1) is 18.2 Å². The third kappa shape index (κ3) is 4.79. The molecule has 0 radical (unpaired) electrons. The van der Waals surface area contributed by atoms with E-state index in [1.54, 1.807) is 0 Å². The van der Waals surface area contributed by atoms with Crippen molar-refractivity contribution in [3.05, 3.63) is 99.0 Å². The fraction of sp³-hybridized carbons (Fsp3) is 0.296. The van der Waals surface area contributed by atoms with Crippen molar-refractivity contribution < 1.29 is 4.74 Å². The van der Waals surface area contributed by atoms with Crippen molar-refractivity contribution in [3.63, 3.8) is 0 Å². The molecule has 3 nitrogen and oxygen atoms in total. The highest BCUT2D eigenvalue weighted by atomic mass is 35.5. The second-order valence-electron chi connectivity index (χ2n) is 9.04. The van der Waals surface area contributed by atoms with E-state index in [2.05, 4.69) is 56.4 Å². The Hall–Kier alpha value is -2.49. The molecule has 5 heteroatoms. The molecule has 1 aliphatic heterocycles. The van der Waals surface area contributed by atoms with Gasteiger partial charge in [-0.3, -0.25) is 4.99 Å². The van der Waals surface area contributed by atoms with Crippen LogP contribution in [0.2, 0.25) is 10.0 Å². The zero-order valence-corrected chi connectivity index (χ0v) is 20.3. The van der Waals surface area contributed by atoms with Crippen molar-refractivity contribution in [1.29, 1.82) is 0 Å². The lowest BCUT2D eigenvalue weighted by Gasteiger charge is -2.22. The monoisotopic (exact) mass is 466 g/mol. The molecule has 2 atom stereocenters. The predicted molar refractivity (Wildman–Crippen MR) is 134 cm³/mol. The highest BCUT2D eigenvalue weighted by Crippen LogP contribution is 2.39. The molecule has 0 aromatic heterocycles. The first-order chi connectivity index (χ1) is 15.3. The van der Waals surface area contributed by atoms with Gasteiger partial charge in [-0.1, -0.05) is 74.3 Å². The van der Waals surface area contributed by atoms with E-state index < -0.39 is 0 Å². The normalized spacial score (nSPS) is 18.2. The highest BCUT2D eigenvalue weighted by Gasteiger charge is 2.33. The lowest BCUT2D eigenvalue weighted by Crippen LogP contribution is -2.26. The molecule has 1 aliphatic rings. The van der Waals surface area contributed by atoms with Gasteiger partial charge in [0.2, 0.25) is 0 Å². The molecular formula is C27H28Cl2N2O. The zero-order valence-electron chi connectivity index (χ0n) is 18.8. The Morgan fingerprint density at radius 3 is 2.03 bits per heavy atom. The molecule has 4 rings (SSSR count). The quantitative estimate of drug-likeness (QED) is 0.421. The molecule has 3 aromatic rings. The van der Waals surface area contributed by atoms with Crippen LogP contribution >= 0.6 is 23.2 Å². The van der Waals surface area contributed by atoms with E-state index in [-0.39, 0.29) is 17.5 Å². The number of hydrogen-bond donors (Lipinski definition) is 1. The van der Waals surface area contributed by atoms with Crippen LogP contribution < -0.4 is 10.1 Å². The minimum absolute atomic E-state index is 0.0177. The second-order valence-corrected chi connectivity index (χ2v) is 9.91. The number of amidine groups is 1. The lowest BCUT2D eigenvalue weighted by atomic mass is 9.86. The van der Waals surface area contributed by atoms with E-state index >= 15 is 0 Å². The Kier molecular flexibility index (Phi) is 6.50. The number of nitrogens with zero attached hydrogens (tertiary/aromatic N) is 1. The molecule has 1 heterocycles. The fourth-order valence-electron chi connectivity index (χ4n) is 3.95. The maximum atomic E-state index is 6.15. The smallest absolute Gasteiger partial charge is 0.133 e. The number of aliphatic imine (C=N–C) groups is 1. The Labute approximate surface area is 200 Å². The fourth-order valence-corrected chi connectivity index (χ4v) is 4.20. The van der Waals surface area contributed by atoms with Gasteiger partial charge in [-0.05, 0) is 65.4 Å². The summed E-state index contributed by atoms with van der Waals surface area (Å²) >= 11 is 12.3. The molecule has 0 bridgehead atoms. The van der Waals surface area contributed by atoms with Crippen molar-refractivity contribution in [2.45, 2.75) is 45.2 Å². The van der Waals surface area contributed by atoms with Crippen LogP contribution in [0.5, 0.6) is 5.75 Å². The number of ether oxygens (including phenoxy) is 1. The largest absolute Gasteiger partial charge is 0.493 e. The predicted octanol–water partition coefficient (Wildman–Crippen LogP) is 7.52. The van der Waals surface area contributed by atoms with Crippen LogP contribution in [0.15, 0.2) is 71.7 Å². The molecule has 1 N–H and O–H groups in total. The van der Waals surface area contributed by atoms with Gasteiger partial charge in [0.25, 0.3) is 0 Å². The van der Waals surface area contributed by atoms with E-state index in [4.69, 9.17) is 32.9 Å². The SMILES string of the molecule is CCOc1ccc(C(C)(C)C)cc1C1=N[C@@H](c2ccc(Cl)cc2)C(c2ccc(Cl)cc2)N1. The molecule has 0 aliphatic carbocycles. The number of halogens is 2. The van der Waals surface area contributed by atoms with E-state index in [1.165, 1.54) is 5.56 Å². The van der Waals surface area contributed by atoms with Crippen molar-refractivity contribution in [2.24, 2.45) is 4.99 Å². The van der Waals surface area contributed by atoms with E-state index in [0.29, 0.717) is 16.7 Å². The van der Waals surface area contributed by atoms with E-state index in [0.717, 1.165) is 28.3 Å². The third-order valence-electron chi connectivity index (χ3n) is 5.72. The van der Waals surface area contributed by atoms with Crippen molar-refractivity contribution in [1.82, 2.24) is 5.32 Å². The average molecular weight is 467 g/mol. The van der Waals surface area contributed by atoms with Gasteiger partial charge < -0.3 is 10.1 Å². The van der Waals surface area contributed by atoms with Gasteiger partial charge in [0.15, 0.2) is 0 Å². The third-order valence-corrected chi connectivity index (χ3v) is 6.22. The van der Waals surface area contributed by atoms with E-state index in [9.17, 15) is 0 Å². The van der Waals surface area contributed by atoms with Crippen LogP contribution in [0.4, 0.5) is 0 Å². The molecule has 0 spiro atoms. The molecule has 0 amide bonds. The van der Waals surface area contributed by atoms with Gasteiger partial charge >= 0.3 is 0 Å². The summed E-state index contributed by atoms with van der Waals surface area (Å²) in [6.07, 6.45) is 0. The maximum absolute atomic E-state index is 6.15. The first-order valence-electron chi connectivity index (χ1n) is 10.9. The highest BCUT2D eigenvalue weighted by molar-refractivity contribution is 6.30.